The molecule has 2 aliphatic rings. The highest BCUT2D eigenvalue weighted by molar-refractivity contribution is 8.39. The van der Waals surface area contributed by atoms with Crippen LogP contribution < -0.4 is 16.2 Å². The molecule has 2 fully saturated rings. The van der Waals surface area contributed by atoms with E-state index < -0.39 is 99.7 Å². The number of H-pyrrole nitrogens is 1. The summed E-state index contributed by atoms with van der Waals surface area (Å²) in [6.07, 6.45) is -10.4. The molecule has 10 atom stereocenters. The first-order valence-electron chi connectivity index (χ1n) is 18.5. The van der Waals surface area contributed by atoms with Crippen molar-refractivity contribution in [2.24, 2.45) is 5.92 Å². The van der Waals surface area contributed by atoms with E-state index in [0.717, 1.165) is 17.2 Å². The molecule has 5 aromatic rings. The van der Waals surface area contributed by atoms with Crippen molar-refractivity contribution in [2.45, 2.75) is 69.5 Å². The number of nitrogens with zero attached hydrogens (tertiary/aromatic N) is 8. The number of rotatable bonds is 17. The fourth-order valence-corrected chi connectivity index (χ4v) is 9.26. The van der Waals surface area contributed by atoms with Crippen LogP contribution in [0.5, 0.6) is 0 Å². The molecule has 328 valence electrons. The van der Waals surface area contributed by atoms with Crippen LogP contribution in [0.15, 0.2) is 54.1 Å². The summed E-state index contributed by atoms with van der Waals surface area (Å²) < 4.78 is 82.2. The summed E-state index contributed by atoms with van der Waals surface area (Å²) in [6, 6.07) is 10.2. The van der Waals surface area contributed by atoms with Gasteiger partial charge in [-0.15, -0.1) is 4.52 Å². The Hall–Kier alpha value is -4.77. The topological polar surface area (TPSA) is 282 Å². The summed E-state index contributed by atoms with van der Waals surface area (Å²) in [5.41, 5.74) is -0.677. The first-order valence-corrected chi connectivity index (χ1v) is 23.4. The van der Waals surface area contributed by atoms with Gasteiger partial charge in [0.2, 0.25) is 11.9 Å². The number of carbonyl (C=O) groups is 2. The van der Waals surface area contributed by atoms with Gasteiger partial charge >= 0.3 is 13.9 Å². The molecular formula is C34H36F2N11O11P2S2+. The smallest absolute Gasteiger partial charge is 0.394 e. The number of benzene rings is 1. The number of nitriles is 1. The molecule has 0 aliphatic carbocycles. The molecule has 1 aromatic carbocycles. The first kappa shape index (κ1) is 45.3. The molecule has 28 heteroatoms. The van der Waals surface area contributed by atoms with E-state index in [1.54, 1.807) is 44.2 Å². The van der Waals surface area contributed by atoms with E-state index in [-0.39, 0.29) is 47.1 Å². The van der Waals surface area contributed by atoms with Crippen LogP contribution in [0.2, 0.25) is 0 Å². The Balaban J connectivity index is 1.15. The maximum absolute atomic E-state index is 16.4. The molecule has 0 bridgehead atoms. The number of imidazole rings is 2. The van der Waals surface area contributed by atoms with Crippen LogP contribution in [0.3, 0.4) is 0 Å². The van der Waals surface area contributed by atoms with E-state index in [1.807, 2.05) is 6.07 Å². The van der Waals surface area contributed by atoms with Crippen molar-refractivity contribution in [2.75, 3.05) is 30.5 Å². The highest BCUT2D eigenvalue weighted by Gasteiger charge is 2.53. The van der Waals surface area contributed by atoms with Crippen molar-refractivity contribution in [3.8, 4) is 6.07 Å². The zero-order valence-corrected chi connectivity index (χ0v) is 35.8. The van der Waals surface area contributed by atoms with Gasteiger partial charge in [-0.2, -0.15) is 10.2 Å². The van der Waals surface area contributed by atoms with Crippen molar-refractivity contribution in [1.82, 2.24) is 39.0 Å². The lowest BCUT2D eigenvalue weighted by Gasteiger charge is -2.29. The van der Waals surface area contributed by atoms with Gasteiger partial charge in [0, 0.05) is 11.5 Å². The molecule has 2 amide bonds. The number of aliphatic hydroxyl groups excluding tert-OH is 1. The van der Waals surface area contributed by atoms with Crippen LogP contribution in [0.1, 0.15) is 43.1 Å². The van der Waals surface area contributed by atoms with Crippen LogP contribution in [-0.4, -0.2) is 113 Å². The van der Waals surface area contributed by atoms with Gasteiger partial charge in [-0.05, 0) is 28.5 Å². The van der Waals surface area contributed by atoms with Crippen molar-refractivity contribution in [3.63, 3.8) is 0 Å². The Morgan fingerprint density at radius 3 is 2.44 bits per heavy atom. The maximum Gasteiger partial charge on any atom is 0.582 e. The van der Waals surface area contributed by atoms with E-state index in [2.05, 4.69) is 52.8 Å². The van der Waals surface area contributed by atoms with Gasteiger partial charge in [-0.1, -0.05) is 32.0 Å². The Kier molecular flexibility index (Phi) is 14.1. The van der Waals surface area contributed by atoms with E-state index in [0.29, 0.717) is 5.56 Å². The number of fused-ring (bicyclic) bond motifs is 2. The third kappa shape index (κ3) is 9.58. The van der Waals surface area contributed by atoms with Crippen LogP contribution in [0.4, 0.5) is 20.5 Å². The normalized spacial score (nSPS) is 24.9. The third-order valence-corrected chi connectivity index (χ3v) is 12.5. The fraction of sp³-hybridized carbons (Fsp3) is 0.441. The zero-order valence-electron chi connectivity index (χ0n) is 32.3. The number of hydrogen-bond donors (Lipinski definition) is 5. The molecule has 6 heterocycles. The number of aromatic amines is 1. The molecule has 0 saturated carbocycles. The SMILES string of the molecule is CC(C)C(=O)Nc1nc2c(ncn2[C@@H]2O[C@@H](CO)[C@@H](F)[C@H]2OP(=S)(OCCC#N)OC[C@H]2O[C@@H](n3cnc4c(NC(=O)c5ccccc5)ncnc43)[C@@H](F)[C@@H]2O[P+](=O)S)c(=O)[nH]1. The molecule has 0 radical (unpaired) electrons. The molecule has 2 unspecified atom stereocenters. The molecular weight excluding hydrogens is 903 g/mol. The Morgan fingerprint density at radius 2 is 1.74 bits per heavy atom. The van der Waals surface area contributed by atoms with Crippen LogP contribution in [0.25, 0.3) is 22.3 Å². The van der Waals surface area contributed by atoms with Gasteiger partial charge in [-0.25, -0.2) is 28.7 Å². The highest BCUT2D eigenvalue weighted by atomic mass is 32.7. The number of hydrogen-bond acceptors (Lipinski definition) is 18. The van der Waals surface area contributed by atoms with E-state index in [1.165, 1.54) is 10.9 Å². The largest absolute Gasteiger partial charge is 0.582 e. The lowest BCUT2D eigenvalue weighted by Crippen LogP contribution is -2.34. The standard InChI is InChI=1S/C34H35F2N11O11P2S2/c1-16(2)29(49)44-34-43-28-23(31(51)45-34)41-15-47(28)33-25(20(35)18(11-48)55-33)58-60(62,53-10-6-9-37)54-12-19-24(57-59(52)61)21(36)32(56-19)46-14-40-22-26(38-13-39-27(22)46)42-30(50)17-7-4-3-5-8-17/h3-5,7-8,13-16,18-21,24-25,32-33,48H,6,10-12H2,1-2H3,(H3-,38,39,42,43,44,45,49,50,51,52,61)/p+1/t18-,19+,20+,21-,24+,25+,32+,33+,60?/m0/s1. The molecule has 22 nitrogen and oxygen atoms in total. The van der Waals surface area contributed by atoms with Crippen molar-refractivity contribution in [3.05, 3.63) is 65.2 Å². The number of halogens is 2. The molecule has 7 rings (SSSR count). The van der Waals surface area contributed by atoms with Gasteiger partial charge < -0.3 is 28.9 Å². The average Bonchev–Trinajstić information content (AvgIpc) is 4.02. The number of anilines is 2. The highest BCUT2D eigenvalue weighted by Crippen LogP contribution is 2.55. The van der Waals surface area contributed by atoms with E-state index >= 15 is 8.78 Å². The molecule has 0 spiro atoms. The minimum absolute atomic E-state index is 0.0166. The summed E-state index contributed by atoms with van der Waals surface area (Å²) >= 11 is 9.50. The summed E-state index contributed by atoms with van der Waals surface area (Å²) in [7, 11) is -2.74. The van der Waals surface area contributed by atoms with Crippen molar-refractivity contribution in [1.29, 1.82) is 5.26 Å². The van der Waals surface area contributed by atoms with E-state index in [9.17, 15) is 29.3 Å². The van der Waals surface area contributed by atoms with Crippen LogP contribution in [-0.2, 0) is 48.7 Å². The third-order valence-electron chi connectivity index (χ3n) is 9.41. The summed E-state index contributed by atoms with van der Waals surface area (Å²) in [5, 5.41) is 24.4. The second-order valence-electron chi connectivity index (χ2n) is 13.8. The molecule has 2 aliphatic heterocycles. The number of alkyl halides is 2. The number of aliphatic hydroxyl groups is 1. The van der Waals surface area contributed by atoms with Gasteiger partial charge in [0.05, 0.1) is 45.0 Å². The molecule has 2 saturated heterocycles. The summed E-state index contributed by atoms with van der Waals surface area (Å²) in [4.78, 5) is 61.6. The zero-order chi connectivity index (χ0) is 44.3. The predicted octanol–water partition coefficient (Wildman–Crippen LogP) is 3.80. The molecule has 4 N–H and O–H groups in total. The monoisotopic (exact) mass is 938 g/mol. The summed E-state index contributed by atoms with van der Waals surface area (Å²) in [6.45, 7) is -2.90. The number of amides is 2. The second kappa shape index (κ2) is 19.3. The number of thiol groups is 1. The quantitative estimate of drug-likeness (QED) is 0.0504. The predicted molar refractivity (Wildman–Crippen MR) is 219 cm³/mol. The minimum atomic E-state index is -4.25. The summed E-state index contributed by atoms with van der Waals surface area (Å²) in [5.74, 6) is -1.66. The van der Waals surface area contributed by atoms with Gasteiger partial charge in [0.15, 0.2) is 59.0 Å². The second-order valence-corrected chi connectivity index (χ2v) is 18.4. The van der Waals surface area contributed by atoms with Crippen LogP contribution >= 0.6 is 26.2 Å². The Labute approximate surface area is 359 Å². The van der Waals surface area contributed by atoms with Crippen LogP contribution in [0, 0.1) is 17.2 Å². The molecule has 4 aromatic heterocycles. The molecule has 62 heavy (non-hydrogen) atoms. The number of aromatic nitrogens is 8. The first-order chi connectivity index (χ1) is 29.7. The van der Waals surface area contributed by atoms with Crippen molar-refractivity contribution >= 4 is 83.9 Å². The van der Waals surface area contributed by atoms with Crippen molar-refractivity contribution < 1.29 is 55.6 Å². The average molecular weight is 939 g/mol. The van der Waals surface area contributed by atoms with Gasteiger partial charge in [0.1, 0.15) is 36.9 Å². The minimum Gasteiger partial charge on any atom is -0.394 e. The number of carbonyl (C=O) groups excluding carboxylic acids is 2. The van der Waals surface area contributed by atoms with E-state index in [4.69, 9.17) is 39.4 Å². The number of ether oxygens (including phenoxy) is 2. The lowest BCUT2D eigenvalue weighted by molar-refractivity contribution is -0.118. The lowest BCUT2D eigenvalue weighted by atomic mass is 10.1. The Bertz CT molecular complexity index is 2620. The maximum atomic E-state index is 16.4. The fourth-order valence-electron chi connectivity index (χ4n) is 6.41. The van der Waals surface area contributed by atoms with Gasteiger partial charge in [0.25, 0.3) is 11.5 Å². The number of nitrogens with one attached hydrogen (secondary N) is 3. The Morgan fingerprint density at radius 1 is 1.03 bits per heavy atom. The van der Waals surface area contributed by atoms with Gasteiger partial charge in [-0.3, -0.25) is 38.3 Å².